The summed E-state index contributed by atoms with van der Waals surface area (Å²) < 4.78 is 5.46. The number of piperazine rings is 1. The van der Waals surface area contributed by atoms with Crippen molar-refractivity contribution in [3.63, 3.8) is 0 Å². The van der Waals surface area contributed by atoms with Gasteiger partial charge in [-0.05, 0) is 30.0 Å². The van der Waals surface area contributed by atoms with Crippen LogP contribution >= 0.6 is 0 Å². The molecule has 0 saturated carbocycles. The normalized spacial score (nSPS) is 22.3. The molecule has 0 aliphatic carbocycles. The van der Waals surface area contributed by atoms with Crippen LogP contribution in [0.5, 0.6) is 0 Å². The van der Waals surface area contributed by atoms with Gasteiger partial charge in [-0.2, -0.15) is 0 Å². The predicted molar refractivity (Wildman–Crippen MR) is 94.6 cm³/mol. The van der Waals surface area contributed by atoms with Crippen LogP contribution in [-0.2, 0) is 32.0 Å². The Morgan fingerprint density at radius 2 is 1.92 bits per heavy atom. The number of nitrogens with one attached hydrogen (secondary N) is 1. The highest BCUT2D eigenvalue weighted by atomic mass is 16.5. The first-order chi connectivity index (χ1) is 12.6. The Kier molecular flexibility index (Phi) is 4.63. The number of hydrogen-bond donors (Lipinski definition) is 1. The van der Waals surface area contributed by atoms with Gasteiger partial charge in [-0.1, -0.05) is 12.1 Å². The number of hydrogen-bond acceptors (Lipinski definition) is 4. The standard InChI is InChI=1S/C19H23N3O4/c23-17-12-14-10-13(3-4-15(14)20-17)11-18(24)21-5-7-22(8-6-21)19(25)16-2-1-9-26-16/h3-4,10,16H,1-2,5-9,11-12H2,(H,20,23). The largest absolute Gasteiger partial charge is 0.368 e. The second-order valence-corrected chi connectivity index (χ2v) is 7.10. The first-order valence-electron chi connectivity index (χ1n) is 9.20. The Labute approximate surface area is 152 Å². The molecular formula is C19H23N3O4. The number of nitrogens with zero attached hydrogens (tertiary/aromatic N) is 2. The molecule has 0 bridgehead atoms. The first kappa shape index (κ1) is 17.0. The van der Waals surface area contributed by atoms with Gasteiger partial charge in [0.05, 0.1) is 12.8 Å². The zero-order valence-electron chi connectivity index (χ0n) is 14.7. The lowest BCUT2D eigenvalue weighted by molar-refractivity contribution is -0.145. The molecular weight excluding hydrogens is 334 g/mol. The summed E-state index contributed by atoms with van der Waals surface area (Å²) in [5.74, 6) is 0.118. The minimum atomic E-state index is -0.292. The fourth-order valence-electron chi connectivity index (χ4n) is 3.83. The zero-order valence-corrected chi connectivity index (χ0v) is 14.7. The molecule has 3 amide bonds. The maximum atomic E-state index is 12.6. The molecule has 138 valence electrons. The molecule has 0 aromatic heterocycles. The van der Waals surface area contributed by atoms with Gasteiger partial charge in [0, 0.05) is 38.5 Å². The van der Waals surface area contributed by atoms with E-state index in [1.54, 1.807) is 0 Å². The molecule has 2 fully saturated rings. The number of carbonyl (C=O) groups excluding carboxylic acids is 3. The summed E-state index contributed by atoms with van der Waals surface area (Å²) >= 11 is 0. The minimum absolute atomic E-state index is 0.00416. The summed E-state index contributed by atoms with van der Waals surface area (Å²) in [6.07, 6.45) is 2.15. The van der Waals surface area contributed by atoms with Gasteiger partial charge >= 0.3 is 0 Å². The lowest BCUT2D eigenvalue weighted by atomic mass is 10.1. The van der Waals surface area contributed by atoms with Gasteiger partial charge in [0.15, 0.2) is 0 Å². The summed E-state index contributed by atoms with van der Waals surface area (Å²) in [6.45, 7) is 2.90. The zero-order chi connectivity index (χ0) is 18.1. The van der Waals surface area contributed by atoms with E-state index in [4.69, 9.17) is 4.74 Å². The Morgan fingerprint density at radius 3 is 2.65 bits per heavy atom. The van der Waals surface area contributed by atoms with E-state index in [0.29, 0.717) is 45.6 Å². The second-order valence-electron chi connectivity index (χ2n) is 7.10. The maximum absolute atomic E-state index is 12.6. The Balaban J connectivity index is 1.30. The van der Waals surface area contributed by atoms with E-state index in [2.05, 4.69) is 5.32 Å². The van der Waals surface area contributed by atoms with Gasteiger partial charge in [0.1, 0.15) is 6.10 Å². The molecule has 3 aliphatic heterocycles. The molecule has 7 nitrogen and oxygen atoms in total. The number of anilines is 1. The van der Waals surface area contributed by atoms with Crippen molar-refractivity contribution in [3.8, 4) is 0 Å². The van der Waals surface area contributed by atoms with Gasteiger partial charge < -0.3 is 19.9 Å². The summed E-state index contributed by atoms with van der Waals surface area (Å²) in [6, 6.07) is 5.68. The van der Waals surface area contributed by atoms with E-state index in [9.17, 15) is 14.4 Å². The first-order valence-corrected chi connectivity index (χ1v) is 9.20. The van der Waals surface area contributed by atoms with Crippen molar-refractivity contribution in [2.24, 2.45) is 0 Å². The highest BCUT2D eigenvalue weighted by Gasteiger charge is 2.31. The van der Waals surface area contributed by atoms with E-state index >= 15 is 0 Å². The minimum Gasteiger partial charge on any atom is -0.368 e. The summed E-state index contributed by atoms with van der Waals surface area (Å²) in [5, 5.41) is 2.80. The van der Waals surface area contributed by atoms with E-state index in [-0.39, 0.29) is 23.8 Å². The van der Waals surface area contributed by atoms with Crippen molar-refractivity contribution in [2.45, 2.75) is 31.8 Å². The monoisotopic (exact) mass is 357 g/mol. The fourth-order valence-corrected chi connectivity index (χ4v) is 3.83. The van der Waals surface area contributed by atoms with E-state index in [1.807, 2.05) is 28.0 Å². The van der Waals surface area contributed by atoms with Crippen molar-refractivity contribution >= 4 is 23.4 Å². The molecule has 0 spiro atoms. The number of ether oxygens (including phenoxy) is 1. The lowest BCUT2D eigenvalue weighted by Gasteiger charge is -2.35. The highest BCUT2D eigenvalue weighted by Crippen LogP contribution is 2.24. The SMILES string of the molecule is O=C1Cc2cc(CC(=O)N3CCN(C(=O)C4CCCO4)CC3)ccc2N1. The Morgan fingerprint density at radius 1 is 1.15 bits per heavy atom. The van der Waals surface area contributed by atoms with Crippen molar-refractivity contribution in [2.75, 3.05) is 38.1 Å². The smallest absolute Gasteiger partial charge is 0.251 e. The second kappa shape index (κ2) is 7.07. The van der Waals surface area contributed by atoms with Crippen LogP contribution in [0.1, 0.15) is 24.0 Å². The molecule has 1 aromatic carbocycles. The van der Waals surface area contributed by atoms with Crippen molar-refractivity contribution in [1.29, 1.82) is 0 Å². The van der Waals surface area contributed by atoms with E-state index in [1.165, 1.54) is 0 Å². The third kappa shape index (κ3) is 3.44. The van der Waals surface area contributed by atoms with Crippen LogP contribution in [0.4, 0.5) is 5.69 Å². The lowest BCUT2D eigenvalue weighted by Crippen LogP contribution is -2.53. The molecule has 1 N–H and O–H groups in total. The molecule has 4 rings (SSSR count). The van der Waals surface area contributed by atoms with Crippen LogP contribution in [0, 0.1) is 0 Å². The number of amides is 3. The predicted octanol–water partition coefficient (Wildman–Crippen LogP) is 0.574. The van der Waals surface area contributed by atoms with E-state index < -0.39 is 0 Å². The number of fused-ring (bicyclic) bond motifs is 1. The average molecular weight is 357 g/mol. The van der Waals surface area contributed by atoms with Gasteiger partial charge in [-0.25, -0.2) is 0 Å². The third-order valence-corrected chi connectivity index (χ3v) is 5.30. The van der Waals surface area contributed by atoms with Crippen LogP contribution in [0.3, 0.4) is 0 Å². The molecule has 3 aliphatic rings. The molecule has 1 aromatic rings. The highest BCUT2D eigenvalue weighted by molar-refractivity contribution is 5.99. The molecule has 0 radical (unpaired) electrons. The molecule has 1 unspecified atom stereocenters. The van der Waals surface area contributed by atoms with Crippen LogP contribution < -0.4 is 5.32 Å². The fraction of sp³-hybridized carbons (Fsp3) is 0.526. The average Bonchev–Trinajstić information content (AvgIpc) is 3.29. The molecule has 26 heavy (non-hydrogen) atoms. The van der Waals surface area contributed by atoms with Crippen molar-refractivity contribution in [3.05, 3.63) is 29.3 Å². The van der Waals surface area contributed by atoms with Gasteiger partial charge in [0.25, 0.3) is 5.91 Å². The quantitative estimate of drug-likeness (QED) is 0.858. The Bertz CT molecular complexity index is 734. The Hall–Kier alpha value is -2.41. The van der Waals surface area contributed by atoms with Gasteiger partial charge in [0.2, 0.25) is 11.8 Å². The maximum Gasteiger partial charge on any atom is 0.251 e. The molecule has 1 atom stereocenters. The van der Waals surface area contributed by atoms with Crippen molar-refractivity contribution < 1.29 is 19.1 Å². The van der Waals surface area contributed by atoms with Crippen LogP contribution in [0.15, 0.2) is 18.2 Å². The van der Waals surface area contributed by atoms with Crippen molar-refractivity contribution in [1.82, 2.24) is 9.80 Å². The number of benzene rings is 1. The molecule has 2 saturated heterocycles. The third-order valence-electron chi connectivity index (χ3n) is 5.30. The van der Waals surface area contributed by atoms with Crippen LogP contribution in [-0.4, -0.2) is 66.4 Å². The van der Waals surface area contributed by atoms with Gasteiger partial charge in [-0.15, -0.1) is 0 Å². The topological polar surface area (TPSA) is 79.0 Å². The van der Waals surface area contributed by atoms with E-state index in [0.717, 1.165) is 29.7 Å². The number of rotatable bonds is 3. The van der Waals surface area contributed by atoms with Gasteiger partial charge in [-0.3, -0.25) is 14.4 Å². The summed E-state index contributed by atoms with van der Waals surface area (Å²) in [7, 11) is 0. The van der Waals surface area contributed by atoms with Crippen LogP contribution in [0.25, 0.3) is 0 Å². The van der Waals surface area contributed by atoms with Crippen LogP contribution in [0.2, 0.25) is 0 Å². The number of carbonyl (C=O) groups is 3. The summed E-state index contributed by atoms with van der Waals surface area (Å²) in [5.41, 5.74) is 2.71. The molecule has 3 heterocycles. The molecule has 7 heteroatoms. The summed E-state index contributed by atoms with van der Waals surface area (Å²) in [4.78, 5) is 40.0.